The molecule has 108 valence electrons. The first-order valence-electron chi connectivity index (χ1n) is 6.30. The second kappa shape index (κ2) is 7.75. The lowest BCUT2D eigenvalue weighted by Crippen LogP contribution is -2.07. The van der Waals surface area contributed by atoms with Crippen LogP contribution in [0.15, 0.2) is 47.3 Å². The molecule has 2 aromatic rings. The Morgan fingerprint density at radius 1 is 1.38 bits per heavy atom. The minimum atomic E-state index is -0.216. The van der Waals surface area contributed by atoms with Crippen molar-refractivity contribution in [3.05, 3.63) is 54.1 Å². The molecule has 1 aromatic heterocycles. The van der Waals surface area contributed by atoms with Crippen LogP contribution < -0.4 is 5.32 Å². The van der Waals surface area contributed by atoms with Crippen molar-refractivity contribution in [2.24, 2.45) is 0 Å². The van der Waals surface area contributed by atoms with Crippen LogP contribution in [0.2, 0.25) is 0 Å². The fourth-order valence-electron chi connectivity index (χ4n) is 1.45. The molecule has 6 heteroatoms. The van der Waals surface area contributed by atoms with E-state index in [-0.39, 0.29) is 5.91 Å². The minimum Gasteiger partial charge on any atom is -0.297 e. The van der Waals surface area contributed by atoms with E-state index in [0.29, 0.717) is 5.13 Å². The van der Waals surface area contributed by atoms with Crippen LogP contribution in [-0.4, -0.2) is 21.9 Å². The minimum absolute atomic E-state index is 0.216. The highest BCUT2D eigenvalue weighted by molar-refractivity contribution is 8.01. The van der Waals surface area contributed by atoms with Crippen LogP contribution in [0.1, 0.15) is 11.1 Å². The number of amides is 1. The average Bonchev–Trinajstić information content (AvgIpc) is 2.92. The lowest BCUT2D eigenvalue weighted by molar-refractivity contribution is -0.111. The molecule has 4 nitrogen and oxygen atoms in total. The number of nitrogens with zero attached hydrogens (tertiary/aromatic N) is 2. The van der Waals surface area contributed by atoms with E-state index < -0.39 is 0 Å². The molecule has 1 amide bonds. The van der Waals surface area contributed by atoms with Gasteiger partial charge in [0.1, 0.15) is 0 Å². The number of hydrogen-bond acceptors (Lipinski definition) is 5. The van der Waals surface area contributed by atoms with E-state index in [9.17, 15) is 4.79 Å². The highest BCUT2D eigenvalue weighted by Gasteiger charge is 2.05. The van der Waals surface area contributed by atoms with Crippen molar-refractivity contribution < 1.29 is 4.79 Å². The molecular weight excluding hydrogens is 302 g/mol. The summed E-state index contributed by atoms with van der Waals surface area (Å²) < 4.78 is 0.813. The number of carbonyl (C=O) groups is 1. The zero-order valence-electron chi connectivity index (χ0n) is 11.6. The summed E-state index contributed by atoms with van der Waals surface area (Å²) >= 11 is 2.89. The smallest absolute Gasteiger partial charge is 0.250 e. The Morgan fingerprint density at radius 2 is 2.14 bits per heavy atom. The molecule has 1 heterocycles. The van der Waals surface area contributed by atoms with Gasteiger partial charge in [-0.1, -0.05) is 59.0 Å². The maximum atomic E-state index is 11.8. The van der Waals surface area contributed by atoms with Gasteiger partial charge < -0.3 is 0 Å². The van der Waals surface area contributed by atoms with Crippen molar-refractivity contribution in [3.63, 3.8) is 0 Å². The van der Waals surface area contributed by atoms with Gasteiger partial charge in [-0.05, 0) is 18.6 Å². The molecule has 0 bridgehead atoms. The number of aryl methyl sites for hydroxylation is 1. The summed E-state index contributed by atoms with van der Waals surface area (Å²) in [5.41, 5.74) is 2.17. The molecule has 1 aromatic carbocycles. The third kappa shape index (κ3) is 5.17. The molecule has 0 fully saturated rings. The first-order valence-corrected chi connectivity index (χ1v) is 8.10. The van der Waals surface area contributed by atoms with E-state index in [4.69, 9.17) is 0 Å². The Kier molecular flexibility index (Phi) is 5.71. The van der Waals surface area contributed by atoms with Crippen molar-refractivity contribution in [3.8, 4) is 0 Å². The molecule has 0 radical (unpaired) electrons. The van der Waals surface area contributed by atoms with Gasteiger partial charge in [0.25, 0.3) is 0 Å². The van der Waals surface area contributed by atoms with Crippen molar-refractivity contribution >= 4 is 40.2 Å². The average molecular weight is 317 g/mol. The van der Waals surface area contributed by atoms with E-state index in [0.717, 1.165) is 15.7 Å². The number of anilines is 1. The highest BCUT2D eigenvalue weighted by atomic mass is 32.2. The Balaban J connectivity index is 1.90. The van der Waals surface area contributed by atoms with Crippen LogP contribution in [0.3, 0.4) is 0 Å². The fourth-order valence-corrected chi connectivity index (χ4v) is 2.96. The lowest BCUT2D eigenvalue weighted by Gasteiger charge is -1.96. The summed E-state index contributed by atoms with van der Waals surface area (Å²) in [6, 6.07) is 7.94. The SMILES string of the molecule is C=CCSc1nnc(NC(=O)/C=C/c2ccc(C)cc2)s1. The van der Waals surface area contributed by atoms with Crippen LogP contribution in [0.4, 0.5) is 5.13 Å². The standard InChI is InChI=1S/C15H15N3OS2/c1-3-10-20-15-18-17-14(21-15)16-13(19)9-8-12-6-4-11(2)5-7-12/h3-9H,1,10H2,2H3,(H,16,17,19)/b9-8+. The molecule has 1 N–H and O–H groups in total. The second-order valence-electron chi connectivity index (χ2n) is 4.21. The molecule has 0 saturated carbocycles. The molecule has 0 aliphatic heterocycles. The summed E-state index contributed by atoms with van der Waals surface area (Å²) in [6.07, 6.45) is 5.06. The molecule has 21 heavy (non-hydrogen) atoms. The van der Waals surface area contributed by atoms with E-state index in [2.05, 4.69) is 22.1 Å². The maximum absolute atomic E-state index is 11.8. The molecule has 2 rings (SSSR count). The zero-order chi connectivity index (χ0) is 15.1. The predicted molar refractivity (Wildman–Crippen MR) is 89.7 cm³/mol. The predicted octanol–water partition coefficient (Wildman–Crippen LogP) is 3.78. The van der Waals surface area contributed by atoms with Gasteiger partial charge in [-0.25, -0.2) is 0 Å². The summed E-state index contributed by atoms with van der Waals surface area (Å²) in [7, 11) is 0. The molecule has 0 saturated heterocycles. The molecule has 0 atom stereocenters. The summed E-state index contributed by atoms with van der Waals surface area (Å²) in [5.74, 6) is 0.558. The largest absolute Gasteiger partial charge is 0.297 e. The van der Waals surface area contributed by atoms with Gasteiger partial charge in [-0.3, -0.25) is 10.1 Å². The molecular formula is C15H15N3OS2. The first-order chi connectivity index (χ1) is 10.2. The summed E-state index contributed by atoms with van der Waals surface area (Å²) in [4.78, 5) is 11.8. The third-order valence-electron chi connectivity index (χ3n) is 2.47. The van der Waals surface area contributed by atoms with Crippen LogP contribution in [0.5, 0.6) is 0 Å². The molecule has 0 aliphatic carbocycles. The zero-order valence-corrected chi connectivity index (χ0v) is 13.2. The Bertz CT molecular complexity index is 647. The number of aromatic nitrogens is 2. The summed E-state index contributed by atoms with van der Waals surface area (Å²) in [6.45, 7) is 5.67. The van der Waals surface area contributed by atoms with E-state index in [1.807, 2.05) is 31.2 Å². The number of carbonyl (C=O) groups excluding carboxylic acids is 1. The van der Waals surface area contributed by atoms with Gasteiger partial charge in [0.15, 0.2) is 4.34 Å². The molecule has 0 aliphatic rings. The van der Waals surface area contributed by atoms with Crippen molar-refractivity contribution in [2.45, 2.75) is 11.3 Å². The highest BCUT2D eigenvalue weighted by Crippen LogP contribution is 2.25. The summed E-state index contributed by atoms with van der Waals surface area (Å²) in [5, 5.41) is 11.1. The van der Waals surface area contributed by atoms with E-state index in [1.54, 1.807) is 12.2 Å². The van der Waals surface area contributed by atoms with Gasteiger partial charge in [-0.2, -0.15) is 0 Å². The van der Waals surface area contributed by atoms with Crippen LogP contribution >= 0.6 is 23.1 Å². The van der Waals surface area contributed by atoms with Gasteiger partial charge in [0, 0.05) is 11.8 Å². The van der Waals surface area contributed by atoms with E-state index in [1.165, 1.54) is 34.7 Å². The van der Waals surface area contributed by atoms with Crippen molar-refractivity contribution in [2.75, 3.05) is 11.1 Å². The maximum Gasteiger partial charge on any atom is 0.250 e. The van der Waals surface area contributed by atoms with Crippen LogP contribution in [-0.2, 0) is 4.79 Å². The number of hydrogen-bond donors (Lipinski definition) is 1. The molecule has 0 unspecified atom stereocenters. The number of nitrogens with one attached hydrogen (secondary N) is 1. The Hall–Kier alpha value is -1.92. The topological polar surface area (TPSA) is 54.9 Å². The fraction of sp³-hybridized carbons (Fsp3) is 0.133. The van der Waals surface area contributed by atoms with E-state index >= 15 is 0 Å². The number of thioether (sulfide) groups is 1. The first kappa shape index (κ1) is 15.5. The van der Waals surface area contributed by atoms with Gasteiger partial charge in [-0.15, -0.1) is 16.8 Å². The Morgan fingerprint density at radius 3 is 2.86 bits per heavy atom. The normalized spacial score (nSPS) is 10.7. The molecule has 0 spiro atoms. The van der Waals surface area contributed by atoms with Gasteiger partial charge >= 0.3 is 0 Å². The van der Waals surface area contributed by atoms with Gasteiger partial charge in [0.05, 0.1) is 0 Å². The quantitative estimate of drug-likeness (QED) is 0.381. The van der Waals surface area contributed by atoms with Crippen LogP contribution in [0.25, 0.3) is 6.08 Å². The van der Waals surface area contributed by atoms with Gasteiger partial charge in [0.2, 0.25) is 11.0 Å². The van der Waals surface area contributed by atoms with Crippen molar-refractivity contribution in [1.82, 2.24) is 10.2 Å². The lowest BCUT2D eigenvalue weighted by atomic mass is 10.1. The van der Waals surface area contributed by atoms with Crippen LogP contribution in [0, 0.1) is 6.92 Å². The third-order valence-corrected chi connectivity index (χ3v) is 4.43. The monoisotopic (exact) mass is 317 g/mol. The Labute approximate surface area is 132 Å². The number of benzene rings is 1. The second-order valence-corrected chi connectivity index (χ2v) is 6.45. The van der Waals surface area contributed by atoms with Crippen molar-refractivity contribution in [1.29, 1.82) is 0 Å². The number of rotatable bonds is 6.